The van der Waals surface area contributed by atoms with E-state index in [1.54, 1.807) is 50.4 Å². The van der Waals surface area contributed by atoms with Crippen LogP contribution in [0.5, 0.6) is 5.75 Å². The van der Waals surface area contributed by atoms with Gasteiger partial charge < -0.3 is 9.47 Å². The summed E-state index contributed by atoms with van der Waals surface area (Å²) in [5.74, 6) is 0.350. The average Bonchev–Trinajstić information content (AvgIpc) is 3.46. The molecule has 8 nitrogen and oxygen atoms in total. The van der Waals surface area contributed by atoms with E-state index in [1.165, 1.54) is 4.31 Å². The van der Waals surface area contributed by atoms with Gasteiger partial charge in [-0.3, -0.25) is 4.84 Å². The Morgan fingerprint density at radius 2 is 1.82 bits per heavy atom. The number of aryl methyl sites for hydroxylation is 1. The van der Waals surface area contributed by atoms with Gasteiger partial charge in [-0.05, 0) is 73.5 Å². The first kappa shape index (κ1) is 25.6. The number of hydrogen-bond donors (Lipinski definition) is 0. The van der Waals surface area contributed by atoms with Crippen molar-refractivity contribution in [2.75, 3.05) is 31.9 Å². The van der Waals surface area contributed by atoms with Gasteiger partial charge in [-0.2, -0.15) is 4.31 Å². The van der Waals surface area contributed by atoms with Gasteiger partial charge in [0.1, 0.15) is 11.4 Å². The first-order valence-electron chi connectivity index (χ1n) is 13.0. The lowest BCUT2D eigenvalue weighted by atomic mass is 9.85. The van der Waals surface area contributed by atoms with Crippen LogP contribution in [0.4, 0.5) is 5.69 Å². The van der Waals surface area contributed by atoms with E-state index < -0.39 is 21.6 Å². The molecular weight excluding hydrogens is 516 g/mol. The maximum Gasteiger partial charge on any atom is 0.338 e. The highest BCUT2D eigenvalue weighted by Gasteiger charge is 2.57. The lowest BCUT2D eigenvalue weighted by Gasteiger charge is -2.27. The molecule has 1 spiro atoms. The van der Waals surface area contributed by atoms with Gasteiger partial charge in [0.15, 0.2) is 0 Å². The van der Waals surface area contributed by atoms with Crippen LogP contribution < -0.4 is 9.80 Å². The molecule has 0 saturated carbocycles. The Kier molecular flexibility index (Phi) is 6.25. The molecule has 9 heteroatoms. The summed E-state index contributed by atoms with van der Waals surface area (Å²) in [5.41, 5.74) is 4.07. The highest BCUT2D eigenvalue weighted by atomic mass is 32.2. The van der Waals surface area contributed by atoms with E-state index in [2.05, 4.69) is 0 Å². The monoisotopic (exact) mass is 546 g/mol. The van der Waals surface area contributed by atoms with Gasteiger partial charge in [0.25, 0.3) is 0 Å². The molecule has 2 atom stereocenters. The van der Waals surface area contributed by atoms with Crippen molar-refractivity contribution >= 4 is 27.8 Å². The number of hydrogen-bond acceptors (Lipinski definition) is 7. The Balaban J connectivity index is 1.45. The minimum Gasteiger partial charge on any atom is -0.497 e. The number of rotatable bonds is 6. The van der Waals surface area contributed by atoms with E-state index in [1.807, 2.05) is 48.4 Å². The molecule has 2 fully saturated rings. The van der Waals surface area contributed by atoms with Crippen molar-refractivity contribution in [3.8, 4) is 5.75 Å². The van der Waals surface area contributed by atoms with Gasteiger partial charge >= 0.3 is 5.97 Å². The normalized spacial score (nSPS) is 22.1. The van der Waals surface area contributed by atoms with Gasteiger partial charge in [0, 0.05) is 18.5 Å². The SMILES string of the molecule is CCOC(=O)c1ccc2c(c1)C=C1CN(S(=O)(=O)c3ccc(C)cc3)CC13CC(c1ccc(OC)cc1)N2O3. The molecule has 0 amide bonds. The Hall–Kier alpha value is -3.66. The maximum absolute atomic E-state index is 13.7. The van der Waals surface area contributed by atoms with Crippen molar-refractivity contribution in [2.45, 2.75) is 36.8 Å². The Morgan fingerprint density at radius 1 is 1.08 bits per heavy atom. The number of sulfonamides is 1. The molecular formula is C30H30N2O6S. The molecule has 202 valence electrons. The second-order valence-electron chi connectivity index (χ2n) is 10.2. The van der Waals surface area contributed by atoms with Gasteiger partial charge in [0.2, 0.25) is 10.0 Å². The molecule has 0 aliphatic carbocycles. The van der Waals surface area contributed by atoms with Gasteiger partial charge in [-0.25, -0.2) is 18.3 Å². The van der Waals surface area contributed by atoms with Crippen LogP contribution in [0.1, 0.15) is 46.4 Å². The van der Waals surface area contributed by atoms with Crippen LogP contribution in [0.2, 0.25) is 0 Å². The van der Waals surface area contributed by atoms with E-state index in [-0.39, 0.29) is 30.6 Å². The molecule has 2 saturated heterocycles. The van der Waals surface area contributed by atoms with E-state index >= 15 is 0 Å². The zero-order chi connectivity index (χ0) is 27.4. The summed E-state index contributed by atoms with van der Waals surface area (Å²) in [7, 11) is -2.12. The highest BCUT2D eigenvalue weighted by molar-refractivity contribution is 7.89. The number of benzene rings is 3. The number of hydroxylamine groups is 1. The summed E-state index contributed by atoms with van der Waals surface area (Å²) >= 11 is 0. The molecule has 0 radical (unpaired) electrons. The van der Waals surface area contributed by atoms with E-state index in [9.17, 15) is 13.2 Å². The Bertz CT molecular complexity index is 1570. The van der Waals surface area contributed by atoms with E-state index in [4.69, 9.17) is 14.3 Å². The second-order valence-corrected chi connectivity index (χ2v) is 12.1. The van der Waals surface area contributed by atoms with E-state index in [0.29, 0.717) is 12.0 Å². The molecule has 3 heterocycles. The smallest absolute Gasteiger partial charge is 0.338 e. The highest BCUT2D eigenvalue weighted by Crippen LogP contribution is 2.53. The average molecular weight is 547 g/mol. The van der Waals surface area contributed by atoms with Crippen molar-refractivity contribution in [3.63, 3.8) is 0 Å². The fraction of sp³-hybridized carbons (Fsp3) is 0.300. The van der Waals surface area contributed by atoms with Gasteiger partial charge in [0.05, 0.1) is 42.4 Å². The lowest BCUT2D eigenvalue weighted by molar-refractivity contribution is 0.0251. The first-order valence-corrected chi connectivity index (χ1v) is 14.4. The van der Waals surface area contributed by atoms with Crippen molar-refractivity contribution in [3.05, 3.63) is 94.6 Å². The number of fused-ring (bicyclic) bond motifs is 3. The van der Waals surface area contributed by atoms with Crippen molar-refractivity contribution in [2.24, 2.45) is 0 Å². The lowest BCUT2D eigenvalue weighted by Crippen LogP contribution is -2.37. The number of carbonyl (C=O) groups excluding carboxylic acids is 1. The molecule has 3 aliphatic rings. The fourth-order valence-corrected chi connectivity index (χ4v) is 7.11. The van der Waals surface area contributed by atoms with Gasteiger partial charge in [-0.15, -0.1) is 0 Å². The van der Waals surface area contributed by atoms with Crippen molar-refractivity contribution < 1.29 is 27.5 Å². The number of anilines is 1. The van der Waals surface area contributed by atoms with Crippen LogP contribution >= 0.6 is 0 Å². The summed E-state index contributed by atoms with van der Waals surface area (Å²) in [4.78, 5) is 19.5. The summed E-state index contributed by atoms with van der Waals surface area (Å²) in [5, 5.41) is 1.87. The van der Waals surface area contributed by atoms with Crippen LogP contribution in [0, 0.1) is 6.92 Å². The quantitative estimate of drug-likeness (QED) is 0.407. The zero-order valence-electron chi connectivity index (χ0n) is 22.1. The number of esters is 1. The topological polar surface area (TPSA) is 85.4 Å². The molecule has 3 aliphatic heterocycles. The Labute approximate surface area is 228 Å². The summed E-state index contributed by atoms with van der Waals surface area (Å²) in [6.07, 6.45) is 2.55. The molecule has 3 aromatic rings. The standard InChI is InChI=1S/C30H30N2O6S/c1-4-37-29(33)22-9-14-27-23(15-22)16-24-18-31(39(34,35)26-12-5-20(2)6-13-26)19-30(24)17-28(32(27)38-30)21-7-10-25(36-3)11-8-21/h5-16,28H,4,17-19H2,1-3H3. The molecule has 6 rings (SSSR count). The molecule has 0 N–H and O–H groups in total. The van der Waals surface area contributed by atoms with Crippen LogP contribution in [-0.2, 0) is 19.6 Å². The molecule has 2 bridgehead atoms. The first-order chi connectivity index (χ1) is 18.7. The van der Waals surface area contributed by atoms with Crippen molar-refractivity contribution in [1.29, 1.82) is 0 Å². The summed E-state index contributed by atoms with van der Waals surface area (Å²) in [6.45, 7) is 4.36. The summed E-state index contributed by atoms with van der Waals surface area (Å²) in [6, 6.07) is 20.0. The number of ether oxygens (including phenoxy) is 2. The third-order valence-electron chi connectivity index (χ3n) is 7.71. The molecule has 39 heavy (non-hydrogen) atoms. The van der Waals surface area contributed by atoms with Crippen molar-refractivity contribution in [1.82, 2.24) is 4.31 Å². The van der Waals surface area contributed by atoms with Crippen LogP contribution in [0.25, 0.3) is 6.08 Å². The third-order valence-corrected chi connectivity index (χ3v) is 9.51. The molecule has 3 aromatic carbocycles. The molecule has 2 unspecified atom stereocenters. The van der Waals surface area contributed by atoms with E-state index in [0.717, 1.165) is 33.7 Å². The van der Waals surface area contributed by atoms with Crippen LogP contribution in [0.3, 0.4) is 0 Å². The zero-order valence-corrected chi connectivity index (χ0v) is 22.9. The van der Waals surface area contributed by atoms with Crippen LogP contribution in [-0.4, -0.2) is 51.1 Å². The Morgan fingerprint density at radius 3 is 2.51 bits per heavy atom. The number of carbonyl (C=O) groups is 1. The van der Waals surface area contributed by atoms with Crippen LogP contribution in [0.15, 0.2) is 77.2 Å². The van der Waals surface area contributed by atoms with Gasteiger partial charge in [-0.1, -0.05) is 29.8 Å². The minimum atomic E-state index is -3.75. The largest absolute Gasteiger partial charge is 0.497 e. The fourth-order valence-electron chi connectivity index (χ4n) is 5.65. The maximum atomic E-state index is 13.7. The second kappa shape index (κ2) is 9.51. The predicted molar refractivity (Wildman–Crippen MR) is 147 cm³/mol. The molecule has 0 aromatic heterocycles. The minimum absolute atomic E-state index is 0.172. The number of methoxy groups -OCH3 is 1. The third kappa shape index (κ3) is 4.30. The summed E-state index contributed by atoms with van der Waals surface area (Å²) < 4.78 is 39.4. The number of nitrogens with zero attached hydrogens (tertiary/aromatic N) is 2. The predicted octanol–water partition coefficient (Wildman–Crippen LogP) is 4.90.